The van der Waals surface area contributed by atoms with Crippen LogP contribution in [0.25, 0.3) is 0 Å². The van der Waals surface area contributed by atoms with Gasteiger partial charge in [0.05, 0.1) is 39.1 Å². The Hall–Kier alpha value is -0.690. The van der Waals surface area contributed by atoms with Crippen LogP contribution in [0.2, 0.25) is 0 Å². The molecular formula is C13H27NO5. The number of aliphatic hydroxyl groups excluding tert-OH is 1. The van der Waals surface area contributed by atoms with Crippen molar-refractivity contribution in [1.82, 2.24) is 4.90 Å². The van der Waals surface area contributed by atoms with Gasteiger partial charge >= 0.3 is 5.97 Å². The number of esters is 1. The molecule has 0 aliphatic rings. The van der Waals surface area contributed by atoms with Crippen LogP contribution in [0.3, 0.4) is 0 Å². The van der Waals surface area contributed by atoms with Gasteiger partial charge in [-0.05, 0) is 19.9 Å². The van der Waals surface area contributed by atoms with Gasteiger partial charge in [0.25, 0.3) is 0 Å². The Labute approximate surface area is 115 Å². The number of rotatable bonds is 12. The van der Waals surface area contributed by atoms with E-state index in [0.717, 1.165) is 13.0 Å². The Kier molecular flexibility index (Phi) is 11.9. The number of carbonyl (C=O) groups is 1. The minimum atomic E-state index is -0.613. The predicted molar refractivity (Wildman–Crippen MR) is 72.1 cm³/mol. The fourth-order valence-corrected chi connectivity index (χ4v) is 1.65. The lowest BCUT2D eigenvalue weighted by molar-refractivity contribution is -0.144. The molecule has 0 aliphatic carbocycles. The van der Waals surface area contributed by atoms with E-state index in [2.05, 4.69) is 0 Å². The van der Waals surface area contributed by atoms with Gasteiger partial charge in [-0.1, -0.05) is 6.92 Å². The van der Waals surface area contributed by atoms with Crippen LogP contribution in [-0.2, 0) is 19.0 Å². The van der Waals surface area contributed by atoms with Crippen LogP contribution in [0.1, 0.15) is 20.3 Å². The van der Waals surface area contributed by atoms with E-state index in [1.54, 1.807) is 14.0 Å². The molecule has 0 aromatic rings. The molecule has 6 nitrogen and oxygen atoms in total. The van der Waals surface area contributed by atoms with Crippen LogP contribution < -0.4 is 0 Å². The zero-order valence-electron chi connectivity index (χ0n) is 12.3. The van der Waals surface area contributed by atoms with Gasteiger partial charge < -0.3 is 19.3 Å². The van der Waals surface area contributed by atoms with Gasteiger partial charge in [-0.2, -0.15) is 0 Å². The van der Waals surface area contributed by atoms with E-state index in [9.17, 15) is 9.90 Å². The van der Waals surface area contributed by atoms with E-state index >= 15 is 0 Å². The van der Waals surface area contributed by atoms with E-state index in [-0.39, 0.29) is 19.1 Å². The molecule has 0 aromatic carbocycles. The molecule has 0 aliphatic heterocycles. The molecule has 1 unspecified atom stereocenters. The summed E-state index contributed by atoms with van der Waals surface area (Å²) in [6.45, 7) is 6.74. The predicted octanol–water partition coefficient (Wildman–Crippen LogP) is 0.285. The molecule has 0 rings (SSSR count). The van der Waals surface area contributed by atoms with Gasteiger partial charge in [0.2, 0.25) is 0 Å². The molecule has 0 bridgehead atoms. The second-order valence-electron chi connectivity index (χ2n) is 4.26. The Morgan fingerprint density at radius 1 is 1.32 bits per heavy atom. The van der Waals surface area contributed by atoms with Crippen molar-refractivity contribution in [3.05, 3.63) is 0 Å². The number of ether oxygens (including phenoxy) is 3. The van der Waals surface area contributed by atoms with Crippen LogP contribution in [0, 0.1) is 0 Å². The third kappa shape index (κ3) is 10.9. The van der Waals surface area contributed by atoms with Crippen LogP contribution >= 0.6 is 0 Å². The lowest BCUT2D eigenvalue weighted by Gasteiger charge is -2.23. The zero-order valence-corrected chi connectivity index (χ0v) is 12.3. The number of methoxy groups -OCH3 is 1. The molecule has 1 atom stereocenters. The summed E-state index contributed by atoms with van der Waals surface area (Å²) in [6.07, 6.45) is 0.300. The van der Waals surface area contributed by atoms with Crippen LogP contribution in [-0.4, -0.2) is 75.3 Å². The standard InChI is InChI=1S/C13H27NO5/c1-4-6-14(10-13(16)19-5-2)9-12(15)11-18-8-7-17-3/h12,15H,4-11H2,1-3H3. The molecule has 6 heteroatoms. The van der Waals surface area contributed by atoms with Crippen molar-refractivity contribution in [1.29, 1.82) is 0 Å². The van der Waals surface area contributed by atoms with Gasteiger partial charge in [0.15, 0.2) is 0 Å². The fraction of sp³-hybridized carbons (Fsp3) is 0.923. The first kappa shape index (κ1) is 18.3. The average molecular weight is 277 g/mol. The molecule has 0 fully saturated rings. The lowest BCUT2D eigenvalue weighted by Crippen LogP contribution is -2.39. The molecule has 0 heterocycles. The highest BCUT2D eigenvalue weighted by atomic mass is 16.5. The van der Waals surface area contributed by atoms with Crippen molar-refractivity contribution in [3.63, 3.8) is 0 Å². The maximum atomic E-state index is 11.4. The SMILES string of the molecule is CCCN(CC(=O)OCC)CC(O)COCCOC. The van der Waals surface area contributed by atoms with Crippen molar-refractivity contribution in [3.8, 4) is 0 Å². The Bertz CT molecular complexity index is 225. The minimum absolute atomic E-state index is 0.205. The lowest BCUT2D eigenvalue weighted by atomic mass is 10.3. The number of nitrogens with zero attached hydrogens (tertiary/aromatic N) is 1. The molecule has 0 spiro atoms. The van der Waals surface area contributed by atoms with Gasteiger partial charge in [-0.3, -0.25) is 9.69 Å². The smallest absolute Gasteiger partial charge is 0.320 e. The van der Waals surface area contributed by atoms with E-state index in [1.165, 1.54) is 0 Å². The molecule has 0 aromatic heterocycles. The highest BCUT2D eigenvalue weighted by Gasteiger charge is 2.15. The normalized spacial score (nSPS) is 12.7. The van der Waals surface area contributed by atoms with Crippen molar-refractivity contribution < 1.29 is 24.1 Å². The van der Waals surface area contributed by atoms with E-state index in [4.69, 9.17) is 14.2 Å². The first-order valence-corrected chi connectivity index (χ1v) is 6.76. The molecule has 0 radical (unpaired) electrons. The molecule has 19 heavy (non-hydrogen) atoms. The second-order valence-corrected chi connectivity index (χ2v) is 4.26. The summed E-state index contributed by atoms with van der Waals surface area (Å²) >= 11 is 0. The minimum Gasteiger partial charge on any atom is -0.465 e. The highest BCUT2D eigenvalue weighted by Crippen LogP contribution is 1.97. The number of aliphatic hydroxyl groups is 1. The third-order valence-electron chi connectivity index (χ3n) is 2.41. The van der Waals surface area contributed by atoms with Crippen molar-refractivity contribution in [2.24, 2.45) is 0 Å². The average Bonchev–Trinajstić information content (AvgIpc) is 2.35. The molecule has 1 N–H and O–H groups in total. The Balaban J connectivity index is 3.92. The maximum Gasteiger partial charge on any atom is 0.320 e. The molecule has 0 saturated carbocycles. The van der Waals surface area contributed by atoms with Crippen molar-refractivity contribution in [2.75, 3.05) is 53.2 Å². The number of carbonyl (C=O) groups excluding carboxylic acids is 1. The van der Waals surface area contributed by atoms with Gasteiger partial charge in [-0.15, -0.1) is 0 Å². The van der Waals surface area contributed by atoms with Gasteiger partial charge in [0.1, 0.15) is 0 Å². The molecule has 0 amide bonds. The fourth-order valence-electron chi connectivity index (χ4n) is 1.65. The van der Waals surface area contributed by atoms with Crippen molar-refractivity contribution >= 4 is 5.97 Å². The van der Waals surface area contributed by atoms with E-state index in [1.807, 2.05) is 11.8 Å². The van der Waals surface area contributed by atoms with Crippen LogP contribution in [0.4, 0.5) is 0 Å². The summed E-state index contributed by atoms with van der Waals surface area (Å²) in [6, 6.07) is 0. The number of hydrogen-bond acceptors (Lipinski definition) is 6. The Morgan fingerprint density at radius 2 is 2.05 bits per heavy atom. The van der Waals surface area contributed by atoms with Crippen LogP contribution in [0.15, 0.2) is 0 Å². The summed E-state index contributed by atoms with van der Waals surface area (Å²) in [5, 5.41) is 9.83. The van der Waals surface area contributed by atoms with Crippen LogP contribution in [0.5, 0.6) is 0 Å². The third-order valence-corrected chi connectivity index (χ3v) is 2.41. The van der Waals surface area contributed by atoms with Gasteiger partial charge in [0, 0.05) is 13.7 Å². The summed E-state index contributed by atoms with van der Waals surface area (Å²) < 4.78 is 15.0. The second kappa shape index (κ2) is 12.3. The quantitative estimate of drug-likeness (QED) is 0.408. The first-order valence-electron chi connectivity index (χ1n) is 6.76. The summed E-state index contributed by atoms with van der Waals surface area (Å²) in [7, 11) is 1.60. The van der Waals surface area contributed by atoms with E-state index < -0.39 is 6.10 Å². The molecular weight excluding hydrogens is 250 g/mol. The zero-order chi connectivity index (χ0) is 14.5. The molecule has 114 valence electrons. The van der Waals surface area contributed by atoms with E-state index in [0.29, 0.717) is 26.4 Å². The topological polar surface area (TPSA) is 68.2 Å². The summed E-state index contributed by atoms with van der Waals surface area (Å²) in [4.78, 5) is 13.3. The first-order chi connectivity index (χ1) is 9.13. The summed E-state index contributed by atoms with van der Waals surface area (Å²) in [5.41, 5.74) is 0. The highest BCUT2D eigenvalue weighted by molar-refractivity contribution is 5.71. The maximum absolute atomic E-state index is 11.4. The largest absolute Gasteiger partial charge is 0.465 e. The number of hydrogen-bond donors (Lipinski definition) is 1. The van der Waals surface area contributed by atoms with Gasteiger partial charge in [-0.25, -0.2) is 0 Å². The summed E-state index contributed by atoms with van der Waals surface area (Å²) in [5.74, 6) is -0.261. The molecule has 0 saturated heterocycles. The van der Waals surface area contributed by atoms with Crippen molar-refractivity contribution in [2.45, 2.75) is 26.4 Å². The Morgan fingerprint density at radius 3 is 2.63 bits per heavy atom. The monoisotopic (exact) mass is 277 g/mol.